The van der Waals surface area contributed by atoms with Gasteiger partial charge in [0.15, 0.2) is 5.82 Å². The normalized spacial score (nSPS) is 15.8. The molecule has 0 atom stereocenters. The van der Waals surface area contributed by atoms with Crippen LogP contribution in [0.1, 0.15) is 68.7 Å². The maximum Gasteiger partial charge on any atom is 0.264 e. The first-order valence-electron chi connectivity index (χ1n) is 12.7. The Morgan fingerprint density at radius 2 is 1.83 bits per heavy atom. The van der Waals surface area contributed by atoms with E-state index in [0.717, 1.165) is 16.8 Å². The van der Waals surface area contributed by atoms with Gasteiger partial charge in [-0.2, -0.15) is 0 Å². The molecule has 2 aliphatic rings. The first-order chi connectivity index (χ1) is 17.6. The van der Waals surface area contributed by atoms with Gasteiger partial charge in [-0.05, 0) is 86.7 Å². The van der Waals surface area contributed by atoms with E-state index in [-0.39, 0.29) is 11.6 Å². The van der Waals surface area contributed by atoms with Gasteiger partial charge in [0.2, 0.25) is 0 Å². The molecule has 0 bridgehead atoms. The third-order valence-electron chi connectivity index (χ3n) is 7.28. The van der Waals surface area contributed by atoms with Crippen molar-refractivity contribution in [3.8, 4) is 23.0 Å². The van der Waals surface area contributed by atoms with E-state index in [1.807, 2.05) is 47.4 Å². The van der Waals surface area contributed by atoms with Crippen molar-refractivity contribution < 1.29 is 0 Å². The number of hydrogen-bond acceptors (Lipinski definition) is 5. The van der Waals surface area contributed by atoms with Crippen LogP contribution < -0.4 is 5.56 Å². The van der Waals surface area contributed by atoms with Gasteiger partial charge < -0.3 is 9.13 Å². The zero-order valence-electron chi connectivity index (χ0n) is 20.4. The third-order valence-corrected chi connectivity index (χ3v) is 7.28. The number of imidazole rings is 1. The Bertz CT molecular complexity index is 1670. The van der Waals surface area contributed by atoms with Crippen LogP contribution in [0.3, 0.4) is 0 Å². The molecule has 1 aromatic carbocycles. The van der Waals surface area contributed by atoms with Crippen LogP contribution in [0.2, 0.25) is 0 Å². The molecule has 4 aromatic heterocycles. The molecule has 0 spiro atoms. The van der Waals surface area contributed by atoms with Crippen LogP contribution in [0.4, 0.5) is 0 Å². The SMILES string of the molecule is CC(C)n1cnnc1-c1cccc(-n2ccc3cc(C4CC4)c(-n4cnc(C5CC5)c4)cc3c2=O)n1. The van der Waals surface area contributed by atoms with Gasteiger partial charge in [0.05, 0.1) is 17.7 Å². The van der Waals surface area contributed by atoms with E-state index in [1.54, 1.807) is 10.9 Å². The van der Waals surface area contributed by atoms with Gasteiger partial charge in [0.25, 0.3) is 5.56 Å². The zero-order valence-corrected chi connectivity index (χ0v) is 20.4. The van der Waals surface area contributed by atoms with Crippen LogP contribution in [0.25, 0.3) is 33.8 Å². The average molecular weight is 478 g/mol. The summed E-state index contributed by atoms with van der Waals surface area (Å²) in [4.78, 5) is 23.2. The van der Waals surface area contributed by atoms with Crippen LogP contribution in [0.5, 0.6) is 0 Å². The lowest BCUT2D eigenvalue weighted by atomic mass is 10.0. The third kappa shape index (κ3) is 3.56. The first-order valence-corrected chi connectivity index (χ1v) is 12.7. The molecule has 2 aliphatic carbocycles. The van der Waals surface area contributed by atoms with Gasteiger partial charge in [0.1, 0.15) is 17.8 Å². The zero-order chi connectivity index (χ0) is 24.4. The Hall–Kier alpha value is -4.07. The van der Waals surface area contributed by atoms with E-state index in [2.05, 4.69) is 45.9 Å². The van der Waals surface area contributed by atoms with Crippen molar-refractivity contribution in [2.24, 2.45) is 0 Å². The highest BCUT2D eigenvalue weighted by atomic mass is 16.1. The van der Waals surface area contributed by atoms with Crippen molar-refractivity contribution in [2.75, 3.05) is 0 Å². The largest absolute Gasteiger partial charge is 0.310 e. The summed E-state index contributed by atoms with van der Waals surface area (Å²) in [5, 5.41) is 9.96. The minimum absolute atomic E-state index is 0.0893. The molecule has 36 heavy (non-hydrogen) atoms. The Morgan fingerprint density at radius 3 is 2.61 bits per heavy atom. The van der Waals surface area contributed by atoms with Gasteiger partial charge in [-0.3, -0.25) is 9.36 Å². The highest BCUT2D eigenvalue weighted by Crippen LogP contribution is 2.44. The van der Waals surface area contributed by atoms with Gasteiger partial charge in [-0.1, -0.05) is 6.07 Å². The lowest BCUT2D eigenvalue weighted by Crippen LogP contribution is -2.19. The maximum absolute atomic E-state index is 13.8. The number of pyridine rings is 2. The van der Waals surface area contributed by atoms with Crippen LogP contribution in [-0.4, -0.2) is 33.9 Å². The molecule has 8 nitrogen and oxygen atoms in total. The van der Waals surface area contributed by atoms with Gasteiger partial charge in [-0.15, -0.1) is 10.2 Å². The van der Waals surface area contributed by atoms with E-state index < -0.39 is 0 Å². The van der Waals surface area contributed by atoms with Crippen LogP contribution >= 0.6 is 0 Å². The fourth-order valence-electron chi connectivity index (χ4n) is 4.97. The summed E-state index contributed by atoms with van der Waals surface area (Å²) in [6.07, 6.45) is 12.4. The van der Waals surface area contributed by atoms with E-state index in [9.17, 15) is 4.79 Å². The topological polar surface area (TPSA) is 83.4 Å². The molecule has 0 N–H and O–H groups in total. The second kappa shape index (κ2) is 7.98. The number of fused-ring (bicyclic) bond motifs is 1. The van der Waals surface area contributed by atoms with E-state index in [0.29, 0.717) is 34.6 Å². The fourth-order valence-corrected chi connectivity index (χ4v) is 4.97. The number of nitrogens with zero attached hydrogens (tertiary/aromatic N) is 7. The summed E-state index contributed by atoms with van der Waals surface area (Å²) < 4.78 is 5.70. The molecule has 2 fully saturated rings. The highest BCUT2D eigenvalue weighted by Gasteiger charge is 2.29. The standard InChI is InChI=1S/C28H27N7O/c1-17(2)35-16-30-32-27(35)23-4-3-5-26(31-23)34-11-10-20-12-21(18-6-7-18)25(13-22(20)28(34)36)33-14-24(29-15-33)19-8-9-19/h3-5,10-19H,6-9H2,1-2H3. The van der Waals surface area contributed by atoms with Crippen LogP contribution in [0.15, 0.2) is 66.2 Å². The first kappa shape index (κ1) is 21.2. The van der Waals surface area contributed by atoms with Crippen molar-refractivity contribution in [1.29, 1.82) is 0 Å². The summed E-state index contributed by atoms with van der Waals surface area (Å²) in [6, 6.07) is 12.1. The summed E-state index contributed by atoms with van der Waals surface area (Å²) in [7, 11) is 0. The highest BCUT2D eigenvalue weighted by molar-refractivity contribution is 5.85. The fraction of sp³-hybridized carbons (Fsp3) is 0.321. The second-order valence-corrected chi connectivity index (χ2v) is 10.3. The number of benzene rings is 1. The van der Waals surface area contributed by atoms with Crippen molar-refractivity contribution in [3.05, 3.63) is 83.1 Å². The molecule has 0 aliphatic heterocycles. The lowest BCUT2D eigenvalue weighted by molar-refractivity contribution is 0.603. The van der Waals surface area contributed by atoms with Gasteiger partial charge in [-0.25, -0.2) is 9.97 Å². The Kier molecular flexibility index (Phi) is 4.71. The molecule has 4 heterocycles. The average Bonchev–Trinajstić information content (AvgIpc) is 3.82. The molecule has 7 rings (SSSR count). The minimum atomic E-state index is -0.0893. The van der Waals surface area contributed by atoms with E-state index in [4.69, 9.17) is 4.98 Å². The Balaban J connectivity index is 1.35. The van der Waals surface area contributed by atoms with Crippen LogP contribution in [-0.2, 0) is 0 Å². The Labute approximate surface area is 208 Å². The van der Waals surface area contributed by atoms with Gasteiger partial charge >= 0.3 is 0 Å². The maximum atomic E-state index is 13.8. The Morgan fingerprint density at radius 1 is 1.00 bits per heavy atom. The number of aromatic nitrogens is 7. The molecular weight excluding hydrogens is 450 g/mol. The van der Waals surface area contributed by atoms with Gasteiger partial charge in [0, 0.05) is 29.7 Å². The van der Waals surface area contributed by atoms with Crippen molar-refractivity contribution in [3.63, 3.8) is 0 Å². The molecule has 180 valence electrons. The molecule has 5 aromatic rings. The quantitative estimate of drug-likeness (QED) is 0.337. The monoisotopic (exact) mass is 477 g/mol. The summed E-state index contributed by atoms with van der Waals surface area (Å²) in [5.74, 6) is 2.39. The summed E-state index contributed by atoms with van der Waals surface area (Å²) in [6.45, 7) is 4.15. The minimum Gasteiger partial charge on any atom is -0.310 e. The molecule has 2 saturated carbocycles. The smallest absolute Gasteiger partial charge is 0.264 e. The van der Waals surface area contributed by atoms with Crippen molar-refractivity contribution in [1.82, 2.24) is 33.9 Å². The van der Waals surface area contributed by atoms with Crippen LogP contribution in [0, 0.1) is 0 Å². The molecule has 0 unspecified atom stereocenters. The van der Waals surface area contributed by atoms with Crippen molar-refractivity contribution in [2.45, 2.75) is 57.4 Å². The summed E-state index contributed by atoms with van der Waals surface area (Å²) in [5.41, 5.74) is 4.10. The summed E-state index contributed by atoms with van der Waals surface area (Å²) >= 11 is 0. The molecule has 8 heteroatoms. The predicted molar refractivity (Wildman–Crippen MR) is 138 cm³/mol. The number of hydrogen-bond donors (Lipinski definition) is 0. The molecule has 0 radical (unpaired) electrons. The van der Waals surface area contributed by atoms with E-state index >= 15 is 0 Å². The molecule has 0 amide bonds. The number of rotatable bonds is 6. The van der Waals surface area contributed by atoms with E-state index in [1.165, 1.54) is 31.2 Å². The van der Waals surface area contributed by atoms with Crippen molar-refractivity contribution >= 4 is 10.8 Å². The second-order valence-electron chi connectivity index (χ2n) is 10.3. The lowest BCUT2D eigenvalue weighted by Gasteiger charge is -2.14. The molecule has 0 saturated heterocycles. The predicted octanol–water partition coefficient (Wildman–Crippen LogP) is 5.17. The molecular formula is C28H27N7O.